The summed E-state index contributed by atoms with van der Waals surface area (Å²) in [5, 5.41) is 0.933. The van der Waals surface area contributed by atoms with Crippen LogP contribution in [0.3, 0.4) is 0 Å². The predicted molar refractivity (Wildman–Crippen MR) is 87.1 cm³/mol. The number of morpholine rings is 1. The van der Waals surface area contributed by atoms with E-state index in [-0.39, 0.29) is 18.1 Å². The Bertz CT molecular complexity index is 716. The van der Waals surface area contributed by atoms with Crippen LogP contribution in [0, 0.1) is 13.8 Å². The summed E-state index contributed by atoms with van der Waals surface area (Å²) in [6.45, 7) is 9.26. The summed E-state index contributed by atoms with van der Waals surface area (Å²) in [4.78, 5) is 19.4. The van der Waals surface area contributed by atoms with E-state index in [4.69, 9.17) is 4.74 Å². The van der Waals surface area contributed by atoms with E-state index in [0.29, 0.717) is 13.1 Å². The van der Waals surface area contributed by atoms with E-state index >= 15 is 0 Å². The van der Waals surface area contributed by atoms with Gasteiger partial charge in [0, 0.05) is 24.2 Å². The number of carbonyl (C=O) groups is 1. The molecule has 1 aromatic heterocycles. The number of ether oxygens (including phenoxy) is 1. The van der Waals surface area contributed by atoms with E-state index < -0.39 is 0 Å². The number of fused-ring (bicyclic) bond motifs is 1. The molecule has 2 heterocycles. The molecule has 4 nitrogen and oxygen atoms in total. The summed E-state index contributed by atoms with van der Waals surface area (Å²) in [5.74, 6) is 0.0723. The highest BCUT2D eigenvalue weighted by Crippen LogP contribution is 2.23. The van der Waals surface area contributed by atoms with Gasteiger partial charge in [0.2, 0.25) is 0 Å². The summed E-state index contributed by atoms with van der Waals surface area (Å²) < 4.78 is 5.73. The molecule has 1 fully saturated rings. The smallest absolute Gasteiger partial charge is 0.254 e. The standard InChI is InChI=1S/C18H22N2O2/c1-11-5-6-17-15(7-11)16(8-12(2)19-17)18(21)20-9-13(3)22-14(4)10-20/h5-8,13-14H,9-10H2,1-4H3/t13-,14-/m0/s1. The van der Waals surface area contributed by atoms with Gasteiger partial charge in [-0.25, -0.2) is 0 Å². The Kier molecular flexibility index (Phi) is 3.87. The zero-order valence-corrected chi connectivity index (χ0v) is 13.6. The highest BCUT2D eigenvalue weighted by molar-refractivity contribution is 6.06. The molecule has 2 atom stereocenters. The molecule has 1 aliphatic rings. The van der Waals surface area contributed by atoms with Gasteiger partial charge in [-0.2, -0.15) is 0 Å². The Morgan fingerprint density at radius 2 is 1.86 bits per heavy atom. The van der Waals surface area contributed by atoms with Crippen LogP contribution >= 0.6 is 0 Å². The zero-order chi connectivity index (χ0) is 15.9. The van der Waals surface area contributed by atoms with Gasteiger partial charge in [0.25, 0.3) is 5.91 Å². The van der Waals surface area contributed by atoms with Crippen molar-refractivity contribution in [3.05, 3.63) is 41.1 Å². The first-order chi connectivity index (χ1) is 10.4. The topological polar surface area (TPSA) is 42.4 Å². The summed E-state index contributed by atoms with van der Waals surface area (Å²) >= 11 is 0. The molecule has 1 aliphatic heterocycles. The summed E-state index contributed by atoms with van der Waals surface area (Å²) in [6.07, 6.45) is 0.146. The van der Waals surface area contributed by atoms with Crippen molar-refractivity contribution in [3.63, 3.8) is 0 Å². The second-order valence-electron chi connectivity index (χ2n) is 6.30. The number of hydrogen-bond acceptors (Lipinski definition) is 3. The SMILES string of the molecule is Cc1ccc2nc(C)cc(C(=O)N3C[C@H](C)O[C@@H](C)C3)c2c1. The minimum atomic E-state index is 0.0723. The summed E-state index contributed by atoms with van der Waals surface area (Å²) in [5.41, 5.74) is 3.63. The molecule has 0 bridgehead atoms. The number of aryl methyl sites for hydroxylation is 2. The number of rotatable bonds is 1. The fourth-order valence-corrected chi connectivity index (χ4v) is 3.16. The van der Waals surface area contributed by atoms with Crippen LogP contribution in [0.25, 0.3) is 10.9 Å². The number of amides is 1. The van der Waals surface area contributed by atoms with Gasteiger partial charge >= 0.3 is 0 Å². The first kappa shape index (κ1) is 15.0. The van der Waals surface area contributed by atoms with E-state index in [2.05, 4.69) is 4.98 Å². The van der Waals surface area contributed by atoms with Crippen LogP contribution in [-0.4, -0.2) is 41.1 Å². The van der Waals surface area contributed by atoms with Crippen molar-refractivity contribution in [2.24, 2.45) is 0 Å². The molecule has 4 heteroatoms. The fraction of sp³-hybridized carbons (Fsp3) is 0.444. The number of hydrogen-bond donors (Lipinski definition) is 0. The molecular formula is C18H22N2O2. The van der Waals surface area contributed by atoms with Crippen LogP contribution in [0.2, 0.25) is 0 Å². The largest absolute Gasteiger partial charge is 0.372 e. The minimum absolute atomic E-state index is 0.0723. The lowest BCUT2D eigenvalue weighted by molar-refractivity contribution is -0.0585. The van der Waals surface area contributed by atoms with Crippen LogP contribution in [0.5, 0.6) is 0 Å². The number of carbonyl (C=O) groups excluding carboxylic acids is 1. The third kappa shape index (κ3) is 2.83. The summed E-state index contributed by atoms with van der Waals surface area (Å²) in [7, 11) is 0. The number of pyridine rings is 1. The van der Waals surface area contributed by atoms with E-state index in [1.165, 1.54) is 0 Å². The Labute approximate surface area is 131 Å². The lowest BCUT2D eigenvalue weighted by atomic mass is 10.0. The fourth-order valence-electron chi connectivity index (χ4n) is 3.16. The zero-order valence-electron chi connectivity index (χ0n) is 13.6. The predicted octanol–water partition coefficient (Wildman–Crippen LogP) is 3.10. The lowest BCUT2D eigenvalue weighted by Gasteiger charge is -2.35. The van der Waals surface area contributed by atoms with E-state index in [9.17, 15) is 4.79 Å². The average Bonchev–Trinajstić information content (AvgIpc) is 2.45. The van der Waals surface area contributed by atoms with Gasteiger partial charge in [-0.1, -0.05) is 11.6 Å². The van der Waals surface area contributed by atoms with Gasteiger partial charge in [0.15, 0.2) is 0 Å². The third-order valence-corrected chi connectivity index (χ3v) is 4.03. The van der Waals surface area contributed by atoms with Crippen LogP contribution < -0.4 is 0 Å². The minimum Gasteiger partial charge on any atom is -0.372 e. The van der Waals surface area contributed by atoms with Gasteiger partial charge in [-0.3, -0.25) is 9.78 Å². The molecule has 22 heavy (non-hydrogen) atoms. The number of nitrogens with zero attached hydrogens (tertiary/aromatic N) is 2. The lowest BCUT2D eigenvalue weighted by Crippen LogP contribution is -2.48. The van der Waals surface area contributed by atoms with Gasteiger partial charge in [0.1, 0.15) is 0 Å². The molecule has 1 aromatic carbocycles. The molecule has 3 rings (SSSR count). The van der Waals surface area contributed by atoms with Crippen molar-refractivity contribution in [3.8, 4) is 0 Å². The van der Waals surface area contributed by atoms with E-state index in [1.54, 1.807) is 0 Å². The second kappa shape index (κ2) is 5.69. The first-order valence-electron chi connectivity index (χ1n) is 7.77. The van der Waals surface area contributed by atoms with Crippen LogP contribution in [0.1, 0.15) is 35.5 Å². The van der Waals surface area contributed by atoms with Crippen LogP contribution in [-0.2, 0) is 4.74 Å². The molecule has 0 saturated carbocycles. The van der Waals surface area contributed by atoms with Gasteiger partial charge in [-0.05, 0) is 45.9 Å². The van der Waals surface area contributed by atoms with Gasteiger partial charge in [-0.15, -0.1) is 0 Å². The second-order valence-corrected chi connectivity index (χ2v) is 6.30. The molecule has 0 radical (unpaired) electrons. The molecule has 0 aliphatic carbocycles. The van der Waals surface area contributed by atoms with Crippen molar-refractivity contribution in [1.29, 1.82) is 0 Å². The molecule has 116 valence electrons. The quantitative estimate of drug-likeness (QED) is 0.812. The highest BCUT2D eigenvalue weighted by Gasteiger charge is 2.27. The van der Waals surface area contributed by atoms with E-state index in [0.717, 1.165) is 27.7 Å². The van der Waals surface area contributed by atoms with Crippen molar-refractivity contribution in [1.82, 2.24) is 9.88 Å². The Balaban J connectivity index is 2.05. The summed E-state index contributed by atoms with van der Waals surface area (Å²) in [6, 6.07) is 7.96. The van der Waals surface area contributed by atoms with E-state index in [1.807, 2.05) is 56.9 Å². The van der Waals surface area contributed by atoms with Crippen molar-refractivity contribution >= 4 is 16.8 Å². The molecular weight excluding hydrogens is 276 g/mol. The molecule has 0 N–H and O–H groups in total. The first-order valence-corrected chi connectivity index (χ1v) is 7.77. The Morgan fingerprint density at radius 3 is 2.55 bits per heavy atom. The number of aromatic nitrogens is 1. The average molecular weight is 298 g/mol. The third-order valence-electron chi connectivity index (χ3n) is 4.03. The van der Waals surface area contributed by atoms with Gasteiger partial charge < -0.3 is 9.64 Å². The monoisotopic (exact) mass is 298 g/mol. The molecule has 2 aromatic rings. The van der Waals surface area contributed by atoms with Crippen molar-refractivity contribution in [2.45, 2.75) is 39.9 Å². The normalized spacial score (nSPS) is 22.1. The maximum atomic E-state index is 13.0. The molecule has 1 saturated heterocycles. The highest BCUT2D eigenvalue weighted by atomic mass is 16.5. The van der Waals surface area contributed by atoms with Crippen molar-refractivity contribution in [2.75, 3.05) is 13.1 Å². The van der Waals surface area contributed by atoms with Crippen LogP contribution in [0.4, 0.5) is 0 Å². The van der Waals surface area contributed by atoms with Crippen LogP contribution in [0.15, 0.2) is 24.3 Å². The molecule has 0 unspecified atom stereocenters. The van der Waals surface area contributed by atoms with Crippen molar-refractivity contribution < 1.29 is 9.53 Å². The molecule has 0 spiro atoms. The Hall–Kier alpha value is -1.94. The Morgan fingerprint density at radius 1 is 1.18 bits per heavy atom. The molecule has 1 amide bonds. The maximum Gasteiger partial charge on any atom is 0.254 e. The maximum absolute atomic E-state index is 13.0. The number of benzene rings is 1. The van der Waals surface area contributed by atoms with Gasteiger partial charge in [0.05, 0.1) is 23.3 Å².